The van der Waals surface area contributed by atoms with Gasteiger partial charge in [0.05, 0.1) is 6.54 Å². The predicted octanol–water partition coefficient (Wildman–Crippen LogP) is 0.269. The van der Waals surface area contributed by atoms with Gasteiger partial charge in [0, 0.05) is 13.6 Å². The van der Waals surface area contributed by atoms with Gasteiger partial charge in [-0.3, -0.25) is 9.59 Å². The molecule has 0 saturated carbocycles. The van der Waals surface area contributed by atoms with Gasteiger partial charge < -0.3 is 21.7 Å². The summed E-state index contributed by atoms with van der Waals surface area (Å²) in [4.78, 5) is 27.2. The van der Waals surface area contributed by atoms with E-state index in [4.69, 9.17) is 5.73 Å². The van der Waals surface area contributed by atoms with E-state index < -0.39 is 5.91 Å². The molecule has 0 fully saturated rings. The summed E-state index contributed by atoms with van der Waals surface area (Å²) < 4.78 is 0. The van der Waals surface area contributed by atoms with Gasteiger partial charge in [-0.05, 0) is 5.92 Å². The summed E-state index contributed by atoms with van der Waals surface area (Å²) in [5.41, 5.74) is 5.69. The zero-order valence-corrected chi connectivity index (χ0v) is 12.1. The zero-order chi connectivity index (χ0) is 14.4. The minimum atomic E-state index is -0.392. The molecule has 0 aliphatic carbocycles. The summed E-state index contributed by atoms with van der Waals surface area (Å²) in [5, 5.41) is 8.61. The van der Waals surface area contributed by atoms with Crippen LogP contribution in [0.15, 0.2) is 0 Å². The molecule has 1 heterocycles. The van der Waals surface area contributed by atoms with E-state index in [0.29, 0.717) is 15.9 Å². The molecule has 19 heavy (non-hydrogen) atoms. The second kappa shape index (κ2) is 6.93. The van der Waals surface area contributed by atoms with Crippen molar-refractivity contribution in [1.29, 1.82) is 0 Å². The number of nitrogens with one attached hydrogen (secondary N) is 3. The highest BCUT2D eigenvalue weighted by atomic mass is 32.1. The molecule has 0 aromatic carbocycles. The van der Waals surface area contributed by atoms with Crippen molar-refractivity contribution < 1.29 is 9.59 Å². The first-order valence-electron chi connectivity index (χ1n) is 5.93. The molecule has 106 valence electrons. The summed E-state index contributed by atoms with van der Waals surface area (Å²) in [6.07, 6.45) is 0. The maximum absolute atomic E-state index is 11.8. The lowest BCUT2D eigenvalue weighted by molar-refractivity contribution is -0.119. The highest BCUT2D eigenvalue weighted by Gasteiger charge is 2.16. The van der Waals surface area contributed by atoms with Crippen molar-refractivity contribution in [3.8, 4) is 0 Å². The van der Waals surface area contributed by atoms with Gasteiger partial charge in [-0.25, -0.2) is 4.98 Å². The first-order chi connectivity index (χ1) is 8.93. The number of rotatable bonds is 6. The van der Waals surface area contributed by atoms with E-state index in [9.17, 15) is 9.59 Å². The zero-order valence-electron chi connectivity index (χ0n) is 11.2. The Morgan fingerprint density at radius 1 is 1.42 bits per heavy atom. The molecular formula is C11H19N5O2S. The molecule has 0 atom stereocenters. The van der Waals surface area contributed by atoms with Gasteiger partial charge in [0.2, 0.25) is 5.91 Å². The number of hydrogen-bond acceptors (Lipinski definition) is 6. The summed E-state index contributed by atoms with van der Waals surface area (Å²) >= 11 is 1.18. The Hall–Kier alpha value is -1.83. The largest absolute Gasteiger partial charge is 0.382 e. The first kappa shape index (κ1) is 15.2. The van der Waals surface area contributed by atoms with Crippen LogP contribution in [-0.2, 0) is 4.79 Å². The van der Waals surface area contributed by atoms with Crippen molar-refractivity contribution in [2.45, 2.75) is 13.8 Å². The number of nitrogens with zero attached hydrogens (tertiary/aromatic N) is 1. The highest BCUT2D eigenvalue weighted by molar-refractivity contribution is 7.18. The minimum Gasteiger partial charge on any atom is -0.382 e. The summed E-state index contributed by atoms with van der Waals surface area (Å²) in [7, 11) is 1.50. The molecule has 1 aromatic heterocycles. The van der Waals surface area contributed by atoms with Crippen LogP contribution in [0.25, 0.3) is 0 Å². The van der Waals surface area contributed by atoms with Crippen molar-refractivity contribution >= 4 is 34.1 Å². The first-order valence-corrected chi connectivity index (χ1v) is 6.74. The fourth-order valence-corrected chi connectivity index (χ4v) is 2.00. The Balaban J connectivity index is 2.62. The van der Waals surface area contributed by atoms with Gasteiger partial charge in [0.1, 0.15) is 10.7 Å². The van der Waals surface area contributed by atoms with Gasteiger partial charge >= 0.3 is 0 Å². The molecule has 7 nitrogen and oxygen atoms in total. The van der Waals surface area contributed by atoms with E-state index in [-0.39, 0.29) is 18.3 Å². The predicted molar refractivity (Wildman–Crippen MR) is 76.3 cm³/mol. The molecule has 0 bridgehead atoms. The maximum Gasteiger partial charge on any atom is 0.265 e. The Bertz CT molecular complexity index is 458. The molecule has 0 saturated heterocycles. The fraction of sp³-hybridized carbons (Fsp3) is 0.545. The molecule has 2 amide bonds. The maximum atomic E-state index is 11.8. The lowest BCUT2D eigenvalue weighted by Crippen LogP contribution is -2.35. The van der Waals surface area contributed by atoms with Crippen molar-refractivity contribution in [2.75, 3.05) is 31.2 Å². The number of likely N-dealkylation sites (N-methyl/N-ethyl adjacent to an activating group) is 1. The third-order valence-corrected chi connectivity index (χ3v) is 3.24. The standard InChI is InChI=1S/C11H19N5O2S/c1-6(2)4-15-11-16-9(12)8(19-11)10(18)14-5-7(17)13-3/h6H,4-5,12H2,1-3H3,(H,13,17)(H,14,18)(H,15,16). The minimum absolute atomic E-state index is 0.0819. The number of carbonyl (C=O) groups excluding carboxylic acids is 2. The van der Waals surface area contributed by atoms with E-state index in [1.807, 2.05) is 0 Å². The van der Waals surface area contributed by atoms with E-state index in [1.165, 1.54) is 18.4 Å². The van der Waals surface area contributed by atoms with Crippen molar-refractivity contribution in [3.05, 3.63) is 4.88 Å². The van der Waals surface area contributed by atoms with Gasteiger partial charge in [-0.15, -0.1) is 0 Å². The normalized spacial score (nSPS) is 10.3. The molecule has 0 aliphatic rings. The average molecular weight is 285 g/mol. The Kier molecular flexibility index (Phi) is 5.56. The Morgan fingerprint density at radius 2 is 2.11 bits per heavy atom. The van der Waals surface area contributed by atoms with Crippen LogP contribution in [0.5, 0.6) is 0 Å². The second-order valence-corrected chi connectivity index (χ2v) is 5.36. The van der Waals surface area contributed by atoms with Crippen LogP contribution in [0.4, 0.5) is 10.9 Å². The number of carbonyl (C=O) groups is 2. The number of nitrogen functional groups attached to an aromatic ring is 1. The highest BCUT2D eigenvalue weighted by Crippen LogP contribution is 2.24. The molecule has 0 unspecified atom stereocenters. The number of hydrogen-bond donors (Lipinski definition) is 4. The smallest absolute Gasteiger partial charge is 0.265 e. The lowest BCUT2D eigenvalue weighted by Gasteiger charge is -2.04. The van der Waals surface area contributed by atoms with E-state index >= 15 is 0 Å². The summed E-state index contributed by atoms with van der Waals surface area (Å²) in [6, 6.07) is 0. The molecular weight excluding hydrogens is 266 g/mol. The molecule has 0 radical (unpaired) electrons. The quantitative estimate of drug-likeness (QED) is 0.600. The van der Waals surface area contributed by atoms with E-state index in [2.05, 4.69) is 34.8 Å². The van der Waals surface area contributed by atoms with Crippen LogP contribution >= 0.6 is 11.3 Å². The lowest BCUT2D eigenvalue weighted by atomic mass is 10.2. The average Bonchev–Trinajstić information content (AvgIpc) is 2.74. The third kappa shape index (κ3) is 4.74. The molecule has 8 heteroatoms. The Labute approximate surface area is 116 Å². The number of aromatic nitrogens is 1. The number of amides is 2. The van der Waals surface area contributed by atoms with Gasteiger partial charge in [0.25, 0.3) is 5.91 Å². The number of thiazole rings is 1. The summed E-state index contributed by atoms with van der Waals surface area (Å²) in [5.74, 6) is -0.0212. The Morgan fingerprint density at radius 3 is 2.68 bits per heavy atom. The van der Waals surface area contributed by atoms with Crippen LogP contribution in [0, 0.1) is 5.92 Å². The molecule has 5 N–H and O–H groups in total. The van der Waals surface area contributed by atoms with Gasteiger partial charge in [-0.1, -0.05) is 25.2 Å². The van der Waals surface area contributed by atoms with Crippen LogP contribution in [0.2, 0.25) is 0 Å². The van der Waals surface area contributed by atoms with Crippen LogP contribution in [0.3, 0.4) is 0 Å². The monoisotopic (exact) mass is 285 g/mol. The van der Waals surface area contributed by atoms with Crippen LogP contribution < -0.4 is 21.7 Å². The van der Waals surface area contributed by atoms with E-state index in [0.717, 1.165) is 6.54 Å². The third-order valence-electron chi connectivity index (χ3n) is 2.21. The second-order valence-electron chi connectivity index (χ2n) is 4.36. The topological polar surface area (TPSA) is 109 Å². The molecule has 1 rings (SSSR count). The van der Waals surface area contributed by atoms with Crippen LogP contribution in [-0.4, -0.2) is 36.9 Å². The van der Waals surface area contributed by atoms with Gasteiger partial charge in [0.15, 0.2) is 5.13 Å². The van der Waals surface area contributed by atoms with Crippen molar-refractivity contribution in [3.63, 3.8) is 0 Å². The summed E-state index contributed by atoms with van der Waals surface area (Å²) in [6.45, 7) is 4.82. The SMILES string of the molecule is CNC(=O)CNC(=O)c1sc(NCC(C)C)nc1N. The molecule has 0 spiro atoms. The molecule has 0 aliphatic heterocycles. The fourth-order valence-electron chi connectivity index (χ4n) is 1.19. The van der Waals surface area contributed by atoms with Crippen molar-refractivity contribution in [1.82, 2.24) is 15.6 Å². The van der Waals surface area contributed by atoms with Crippen LogP contribution in [0.1, 0.15) is 23.5 Å². The van der Waals surface area contributed by atoms with Crippen molar-refractivity contribution in [2.24, 2.45) is 5.92 Å². The number of nitrogens with two attached hydrogens (primary N) is 1. The molecule has 1 aromatic rings. The number of anilines is 2. The van der Waals surface area contributed by atoms with Gasteiger partial charge in [-0.2, -0.15) is 0 Å². The van der Waals surface area contributed by atoms with E-state index in [1.54, 1.807) is 0 Å².